The summed E-state index contributed by atoms with van der Waals surface area (Å²) in [6.07, 6.45) is 0.816. The van der Waals surface area contributed by atoms with Gasteiger partial charge in [-0.15, -0.1) is 0 Å². The van der Waals surface area contributed by atoms with E-state index in [9.17, 15) is 4.79 Å². The highest BCUT2D eigenvalue weighted by molar-refractivity contribution is 5.95. The molecule has 1 unspecified atom stereocenters. The van der Waals surface area contributed by atoms with Gasteiger partial charge in [0, 0.05) is 26.2 Å². The van der Waals surface area contributed by atoms with Crippen LogP contribution in [0, 0.1) is 25.2 Å². The molecule has 0 bridgehead atoms. The molecule has 0 radical (unpaired) electrons. The van der Waals surface area contributed by atoms with Crippen molar-refractivity contribution in [2.75, 3.05) is 26.2 Å². The zero-order chi connectivity index (χ0) is 15.4. The maximum absolute atomic E-state index is 12.6. The minimum Gasteiger partial charge on any atom is -0.336 e. The van der Waals surface area contributed by atoms with Gasteiger partial charge in [0.25, 0.3) is 5.91 Å². The van der Waals surface area contributed by atoms with Crippen LogP contribution in [0.25, 0.3) is 0 Å². The van der Waals surface area contributed by atoms with Crippen LogP contribution in [-0.4, -0.2) is 58.1 Å². The Hall–Kier alpha value is -2.00. The van der Waals surface area contributed by atoms with Crippen molar-refractivity contribution in [3.05, 3.63) is 23.0 Å². The number of amides is 1. The summed E-state index contributed by atoms with van der Waals surface area (Å²) in [5, 5.41) is 17.1. The molecule has 0 saturated carbocycles. The first-order valence-electron chi connectivity index (χ1n) is 7.30. The summed E-state index contributed by atoms with van der Waals surface area (Å²) in [7, 11) is 0. The predicted octanol–water partition coefficient (Wildman–Crippen LogP) is 1.15. The molecule has 0 N–H and O–H groups in total. The van der Waals surface area contributed by atoms with Crippen LogP contribution in [0.15, 0.2) is 6.07 Å². The first-order valence-corrected chi connectivity index (χ1v) is 7.30. The van der Waals surface area contributed by atoms with Crippen molar-refractivity contribution in [1.29, 1.82) is 5.26 Å². The van der Waals surface area contributed by atoms with Gasteiger partial charge in [-0.05, 0) is 26.3 Å². The van der Waals surface area contributed by atoms with Crippen LogP contribution in [0.2, 0.25) is 0 Å². The normalized spacial score (nSPS) is 17.3. The Balaban J connectivity index is 2.04. The maximum Gasteiger partial charge on any atom is 0.255 e. The molecule has 1 aliphatic heterocycles. The van der Waals surface area contributed by atoms with Crippen molar-refractivity contribution >= 4 is 5.91 Å². The van der Waals surface area contributed by atoms with Gasteiger partial charge in [0.05, 0.1) is 29.1 Å². The quantitative estimate of drug-likeness (QED) is 0.834. The molecule has 1 fully saturated rings. The fraction of sp³-hybridized carbons (Fsp3) is 0.600. The van der Waals surface area contributed by atoms with Gasteiger partial charge < -0.3 is 4.90 Å². The minimum absolute atomic E-state index is 0.00940. The summed E-state index contributed by atoms with van der Waals surface area (Å²) >= 11 is 0. The number of piperazine rings is 1. The summed E-state index contributed by atoms with van der Waals surface area (Å²) in [6, 6.07) is 4.06. The standard InChI is InChI=1S/C15H21N5O/c1-4-13(10-16)19-5-7-20(8-6-19)15(21)14-9-11(2)17-18-12(14)3/h9,13H,4-8H2,1-3H3. The van der Waals surface area contributed by atoms with E-state index >= 15 is 0 Å². The third kappa shape index (κ3) is 3.37. The lowest BCUT2D eigenvalue weighted by atomic mass is 10.1. The smallest absolute Gasteiger partial charge is 0.255 e. The van der Waals surface area contributed by atoms with Gasteiger partial charge in [0.1, 0.15) is 0 Å². The molecular weight excluding hydrogens is 266 g/mol. The molecular formula is C15H21N5O. The molecule has 0 spiro atoms. The summed E-state index contributed by atoms with van der Waals surface area (Å²) < 4.78 is 0. The molecule has 0 aromatic carbocycles. The lowest BCUT2D eigenvalue weighted by molar-refractivity contribution is 0.0603. The van der Waals surface area contributed by atoms with Crippen molar-refractivity contribution in [2.45, 2.75) is 33.2 Å². The molecule has 2 heterocycles. The molecule has 1 atom stereocenters. The van der Waals surface area contributed by atoms with Crippen molar-refractivity contribution in [3.63, 3.8) is 0 Å². The van der Waals surface area contributed by atoms with Crippen LogP contribution in [0.1, 0.15) is 35.1 Å². The number of nitriles is 1. The van der Waals surface area contributed by atoms with E-state index in [1.54, 1.807) is 13.0 Å². The number of aryl methyl sites for hydroxylation is 2. The minimum atomic E-state index is -0.0474. The third-order valence-electron chi connectivity index (χ3n) is 3.91. The number of aromatic nitrogens is 2. The molecule has 112 valence electrons. The van der Waals surface area contributed by atoms with E-state index in [0.29, 0.717) is 24.3 Å². The molecule has 6 heteroatoms. The third-order valence-corrected chi connectivity index (χ3v) is 3.91. The van der Waals surface area contributed by atoms with Crippen molar-refractivity contribution in [2.24, 2.45) is 0 Å². The van der Waals surface area contributed by atoms with Gasteiger partial charge in [-0.25, -0.2) is 0 Å². The SMILES string of the molecule is CCC(C#N)N1CCN(C(=O)c2cc(C)nnc2C)CC1. The van der Waals surface area contributed by atoms with Gasteiger partial charge in [-0.1, -0.05) is 6.92 Å². The van der Waals surface area contributed by atoms with Gasteiger partial charge in [0.15, 0.2) is 0 Å². The topological polar surface area (TPSA) is 73.1 Å². The van der Waals surface area contributed by atoms with Crippen LogP contribution in [0.4, 0.5) is 0 Å². The Morgan fingerprint density at radius 2 is 2.00 bits per heavy atom. The number of nitrogens with zero attached hydrogens (tertiary/aromatic N) is 5. The molecule has 0 aliphatic carbocycles. The Bertz CT molecular complexity index is 558. The first kappa shape index (κ1) is 15.4. The molecule has 1 aromatic rings. The van der Waals surface area contributed by atoms with E-state index in [1.165, 1.54) is 0 Å². The average molecular weight is 287 g/mol. The first-order chi connectivity index (χ1) is 10.1. The number of carbonyl (C=O) groups is 1. The average Bonchev–Trinajstić information content (AvgIpc) is 2.51. The number of hydrogen-bond donors (Lipinski definition) is 0. The lowest BCUT2D eigenvalue weighted by Crippen LogP contribution is -2.51. The monoisotopic (exact) mass is 287 g/mol. The summed E-state index contributed by atoms with van der Waals surface area (Å²) in [5.41, 5.74) is 2.04. The summed E-state index contributed by atoms with van der Waals surface area (Å²) in [5.74, 6) is 0.00940. The van der Waals surface area contributed by atoms with E-state index in [-0.39, 0.29) is 11.9 Å². The van der Waals surface area contributed by atoms with Gasteiger partial charge in [-0.3, -0.25) is 9.69 Å². The summed E-state index contributed by atoms with van der Waals surface area (Å²) in [6.45, 7) is 8.44. The van der Waals surface area contributed by atoms with E-state index in [1.807, 2.05) is 18.7 Å². The van der Waals surface area contributed by atoms with Gasteiger partial charge in [0.2, 0.25) is 0 Å². The second-order valence-corrected chi connectivity index (χ2v) is 5.37. The van der Waals surface area contributed by atoms with Crippen LogP contribution in [0.3, 0.4) is 0 Å². The molecule has 1 aromatic heterocycles. The van der Waals surface area contributed by atoms with Crippen LogP contribution >= 0.6 is 0 Å². The molecule has 6 nitrogen and oxygen atoms in total. The summed E-state index contributed by atoms with van der Waals surface area (Å²) in [4.78, 5) is 16.5. The highest BCUT2D eigenvalue weighted by atomic mass is 16.2. The number of carbonyl (C=O) groups excluding carboxylic acids is 1. The highest BCUT2D eigenvalue weighted by Gasteiger charge is 2.26. The second kappa shape index (κ2) is 6.64. The molecule has 1 amide bonds. The Morgan fingerprint density at radius 1 is 1.33 bits per heavy atom. The highest BCUT2D eigenvalue weighted by Crippen LogP contribution is 2.14. The van der Waals surface area contributed by atoms with Crippen LogP contribution in [0.5, 0.6) is 0 Å². The fourth-order valence-electron chi connectivity index (χ4n) is 2.60. The van der Waals surface area contributed by atoms with Crippen molar-refractivity contribution in [3.8, 4) is 6.07 Å². The largest absolute Gasteiger partial charge is 0.336 e. The molecule has 2 rings (SSSR count). The van der Waals surface area contributed by atoms with Crippen molar-refractivity contribution in [1.82, 2.24) is 20.0 Å². The second-order valence-electron chi connectivity index (χ2n) is 5.37. The number of rotatable bonds is 3. The van der Waals surface area contributed by atoms with Crippen LogP contribution < -0.4 is 0 Å². The van der Waals surface area contributed by atoms with E-state index < -0.39 is 0 Å². The van der Waals surface area contributed by atoms with Crippen molar-refractivity contribution < 1.29 is 4.79 Å². The number of hydrogen-bond acceptors (Lipinski definition) is 5. The Labute approximate surface area is 125 Å². The maximum atomic E-state index is 12.6. The van der Waals surface area contributed by atoms with Gasteiger partial charge in [-0.2, -0.15) is 15.5 Å². The molecule has 1 saturated heterocycles. The predicted molar refractivity (Wildman–Crippen MR) is 78.7 cm³/mol. The Kier molecular flexibility index (Phi) is 4.86. The lowest BCUT2D eigenvalue weighted by Gasteiger charge is -2.36. The zero-order valence-corrected chi connectivity index (χ0v) is 12.8. The zero-order valence-electron chi connectivity index (χ0n) is 12.8. The van der Waals surface area contributed by atoms with E-state index in [0.717, 1.165) is 25.2 Å². The van der Waals surface area contributed by atoms with E-state index in [2.05, 4.69) is 21.2 Å². The van der Waals surface area contributed by atoms with E-state index in [4.69, 9.17) is 5.26 Å². The Morgan fingerprint density at radius 3 is 2.57 bits per heavy atom. The van der Waals surface area contributed by atoms with Gasteiger partial charge >= 0.3 is 0 Å². The molecule has 21 heavy (non-hydrogen) atoms. The fourth-order valence-corrected chi connectivity index (χ4v) is 2.60. The molecule has 1 aliphatic rings. The van der Waals surface area contributed by atoms with Crippen LogP contribution in [-0.2, 0) is 0 Å².